The molecular formula is C11H16N4S. The molecule has 86 valence electrons. The second kappa shape index (κ2) is 5.77. The van der Waals surface area contributed by atoms with Crippen LogP contribution in [0.15, 0.2) is 17.9 Å². The molecule has 0 saturated heterocycles. The fraction of sp³-hybridized carbons (Fsp3) is 0.455. The maximum Gasteiger partial charge on any atom is 0.0794 e. The molecular weight excluding hydrogens is 220 g/mol. The quantitative estimate of drug-likeness (QED) is 0.753. The lowest BCUT2D eigenvalue weighted by atomic mass is 10.1. The molecule has 2 aromatic rings. The van der Waals surface area contributed by atoms with Gasteiger partial charge in [-0.2, -0.15) is 5.10 Å². The van der Waals surface area contributed by atoms with E-state index in [4.69, 9.17) is 0 Å². The Bertz CT molecular complexity index is 407. The standard InChI is InChI=1S/C11H16N4S/c1-9-10(5-14-15-9)3-2-4-12-6-11-7-13-8-16-11/h5,7-8,12H,2-4,6H2,1H3,(H,14,15). The van der Waals surface area contributed by atoms with Crippen molar-refractivity contribution in [2.75, 3.05) is 6.54 Å². The first-order valence-electron chi connectivity index (χ1n) is 5.43. The van der Waals surface area contributed by atoms with E-state index in [-0.39, 0.29) is 0 Å². The van der Waals surface area contributed by atoms with Crippen molar-refractivity contribution in [2.45, 2.75) is 26.3 Å². The van der Waals surface area contributed by atoms with Gasteiger partial charge < -0.3 is 5.32 Å². The lowest BCUT2D eigenvalue weighted by Crippen LogP contribution is -2.14. The molecule has 2 N–H and O–H groups in total. The summed E-state index contributed by atoms with van der Waals surface area (Å²) in [5, 5.41) is 10.4. The molecule has 0 aliphatic heterocycles. The van der Waals surface area contributed by atoms with E-state index in [2.05, 4.69) is 27.4 Å². The molecule has 2 aromatic heterocycles. The molecule has 0 saturated carbocycles. The molecule has 0 radical (unpaired) electrons. The molecule has 5 heteroatoms. The minimum absolute atomic E-state index is 0.926. The zero-order chi connectivity index (χ0) is 11.2. The molecule has 2 rings (SSSR count). The summed E-state index contributed by atoms with van der Waals surface area (Å²) in [6, 6.07) is 0. The number of aromatic nitrogens is 3. The van der Waals surface area contributed by atoms with E-state index < -0.39 is 0 Å². The van der Waals surface area contributed by atoms with Crippen molar-refractivity contribution in [1.82, 2.24) is 20.5 Å². The van der Waals surface area contributed by atoms with E-state index in [0.717, 1.165) is 25.9 Å². The zero-order valence-corrected chi connectivity index (χ0v) is 10.2. The minimum Gasteiger partial charge on any atom is -0.312 e. The molecule has 16 heavy (non-hydrogen) atoms. The van der Waals surface area contributed by atoms with Gasteiger partial charge in [-0.15, -0.1) is 11.3 Å². The van der Waals surface area contributed by atoms with Gasteiger partial charge in [-0.05, 0) is 31.9 Å². The normalized spacial score (nSPS) is 10.8. The number of nitrogens with zero attached hydrogens (tertiary/aromatic N) is 2. The van der Waals surface area contributed by atoms with Crippen molar-refractivity contribution in [2.24, 2.45) is 0 Å². The smallest absolute Gasteiger partial charge is 0.0794 e. The molecule has 2 heterocycles. The molecule has 0 aliphatic carbocycles. The highest BCUT2D eigenvalue weighted by molar-refractivity contribution is 7.09. The van der Waals surface area contributed by atoms with Gasteiger partial charge in [0.25, 0.3) is 0 Å². The summed E-state index contributed by atoms with van der Waals surface area (Å²) < 4.78 is 0. The maximum atomic E-state index is 4.04. The number of nitrogens with one attached hydrogen (secondary N) is 2. The molecule has 0 bridgehead atoms. The molecule has 4 nitrogen and oxygen atoms in total. The number of aryl methyl sites for hydroxylation is 2. The predicted octanol–water partition coefficient (Wildman–Crippen LogP) is 1.90. The van der Waals surface area contributed by atoms with E-state index in [1.54, 1.807) is 11.3 Å². The van der Waals surface area contributed by atoms with Gasteiger partial charge in [-0.3, -0.25) is 10.1 Å². The van der Waals surface area contributed by atoms with Crippen LogP contribution in [0.25, 0.3) is 0 Å². The molecule has 0 atom stereocenters. The Morgan fingerprint density at radius 2 is 2.38 bits per heavy atom. The van der Waals surface area contributed by atoms with E-state index in [1.807, 2.05) is 17.9 Å². The van der Waals surface area contributed by atoms with Crippen LogP contribution in [0.3, 0.4) is 0 Å². The van der Waals surface area contributed by atoms with Crippen LogP contribution >= 0.6 is 11.3 Å². The second-order valence-corrected chi connectivity index (χ2v) is 4.74. The van der Waals surface area contributed by atoms with Crippen molar-refractivity contribution < 1.29 is 0 Å². The van der Waals surface area contributed by atoms with Crippen molar-refractivity contribution in [3.05, 3.63) is 34.0 Å². The number of aromatic amines is 1. The van der Waals surface area contributed by atoms with Gasteiger partial charge in [0.05, 0.1) is 11.7 Å². The Labute approximate surface area is 99.1 Å². The van der Waals surface area contributed by atoms with E-state index >= 15 is 0 Å². The zero-order valence-electron chi connectivity index (χ0n) is 9.36. The Balaban J connectivity index is 1.61. The highest BCUT2D eigenvalue weighted by Gasteiger charge is 1.99. The summed E-state index contributed by atoms with van der Waals surface area (Å²) in [5.74, 6) is 0. The Hall–Kier alpha value is -1.20. The summed E-state index contributed by atoms with van der Waals surface area (Å²) >= 11 is 1.69. The first-order valence-corrected chi connectivity index (χ1v) is 6.31. The van der Waals surface area contributed by atoms with Crippen LogP contribution in [0, 0.1) is 6.92 Å². The lowest BCUT2D eigenvalue weighted by Gasteiger charge is -2.02. The molecule has 0 amide bonds. The monoisotopic (exact) mass is 236 g/mol. The van der Waals surface area contributed by atoms with Crippen LogP contribution in [0.1, 0.15) is 22.6 Å². The number of hydrogen-bond donors (Lipinski definition) is 2. The number of thiazole rings is 1. The van der Waals surface area contributed by atoms with E-state index in [0.29, 0.717) is 0 Å². The number of hydrogen-bond acceptors (Lipinski definition) is 4. The third-order valence-electron chi connectivity index (χ3n) is 2.52. The van der Waals surface area contributed by atoms with Crippen molar-refractivity contribution in [3.63, 3.8) is 0 Å². The number of rotatable bonds is 6. The van der Waals surface area contributed by atoms with Crippen LogP contribution in [0.4, 0.5) is 0 Å². The number of H-pyrrole nitrogens is 1. The minimum atomic E-state index is 0.926. The van der Waals surface area contributed by atoms with Crippen LogP contribution in [0.5, 0.6) is 0 Å². The van der Waals surface area contributed by atoms with Crippen molar-refractivity contribution in [3.8, 4) is 0 Å². The summed E-state index contributed by atoms with van der Waals surface area (Å²) in [4.78, 5) is 5.33. The highest BCUT2D eigenvalue weighted by atomic mass is 32.1. The molecule has 0 unspecified atom stereocenters. The SMILES string of the molecule is Cc1[nH]ncc1CCCNCc1cncs1. The Morgan fingerprint density at radius 1 is 1.44 bits per heavy atom. The average molecular weight is 236 g/mol. The van der Waals surface area contributed by atoms with Crippen LogP contribution in [0.2, 0.25) is 0 Å². The highest BCUT2D eigenvalue weighted by Crippen LogP contribution is 2.06. The predicted molar refractivity (Wildman–Crippen MR) is 65.5 cm³/mol. The Kier molecular flexibility index (Phi) is 4.07. The molecule has 0 spiro atoms. The Morgan fingerprint density at radius 3 is 3.06 bits per heavy atom. The van der Waals surface area contributed by atoms with Crippen LogP contribution < -0.4 is 5.32 Å². The van der Waals surface area contributed by atoms with Gasteiger partial charge in [-0.25, -0.2) is 0 Å². The van der Waals surface area contributed by atoms with Gasteiger partial charge >= 0.3 is 0 Å². The maximum absolute atomic E-state index is 4.04. The second-order valence-electron chi connectivity index (χ2n) is 3.77. The summed E-state index contributed by atoms with van der Waals surface area (Å²) in [6.07, 6.45) is 6.05. The lowest BCUT2D eigenvalue weighted by molar-refractivity contribution is 0.653. The third kappa shape index (κ3) is 3.15. The molecule has 0 aliphatic rings. The largest absolute Gasteiger partial charge is 0.312 e. The van der Waals surface area contributed by atoms with Gasteiger partial charge in [-0.1, -0.05) is 0 Å². The fourth-order valence-electron chi connectivity index (χ4n) is 1.57. The third-order valence-corrected chi connectivity index (χ3v) is 3.30. The van der Waals surface area contributed by atoms with Crippen LogP contribution in [-0.4, -0.2) is 21.7 Å². The first-order chi connectivity index (χ1) is 7.86. The van der Waals surface area contributed by atoms with Gasteiger partial charge in [0, 0.05) is 23.3 Å². The molecule has 0 fully saturated rings. The fourth-order valence-corrected chi connectivity index (χ4v) is 2.14. The summed E-state index contributed by atoms with van der Waals surface area (Å²) in [6.45, 7) is 4.02. The van der Waals surface area contributed by atoms with Crippen LogP contribution in [-0.2, 0) is 13.0 Å². The van der Waals surface area contributed by atoms with Gasteiger partial charge in [0.1, 0.15) is 0 Å². The van der Waals surface area contributed by atoms with Crippen molar-refractivity contribution in [1.29, 1.82) is 0 Å². The first kappa shape index (κ1) is 11.3. The van der Waals surface area contributed by atoms with Crippen molar-refractivity contribution >= 4 is 11.3 Å². The average Bonchev–Trinajstić information content (AvgIpc) is 2.90. The van der Waals surface area contributed by atoms with E-state index in [9.17, 15) is 0 Å². The molecule has 0 aromatic carbocycles. The van der Waals surface area contributed by atoms with Gasteiger partial charge in [0.2, 0.25) is 0 Å². The summed E-state index contributed by atoms with van der Waals surface area (Å²) in [7, 11) is 0. The topological polar surface area (TPSA) is 53.6 Å². The van der Waals surface area contributed by atoms with E-state index in [1.165, 1.54) is 16.1 Å². The summed E-state index contributed by atoms with van der Waals surface area (Å²) in [5.41, 5.74) is 4.37. The van der Waals surface area contributed by atoms with Gasteiger partial charge in [0.15, 0.2) is 0 Å².